The third kappa shape index (κ3) is 1.86. The lowest BCUT2D eigenvalue weighted by Gasteiger charge is -2.43. The van der Waals surface area contributed by atoms with Crippen molar-refractivity contribution < 1.29 is 0 Å². The van der Waals surface area contributed by atoms with Crippen LogP contribution in [0.5, 0.6) is 0 Å². The molecule has 0 aromatic rings. The van der Waals surface area contributed by atoms with E-state index in [1.165, 1.54) is 0 Å². The molecule has 0 aromatic carbocycles. The summed E-state index contributed by atoms with van der Waals surface area (Å²) in [4.78, 5) is 1.70. The maximum absolute atomic E-state index is 8.71. The Morgan fingerprint density at radius 2 is 1.45 bits per heavy atom. The highest BCUT2D eigenvalue weighted by molar-refractivity contribution is 4.95. The van der Waals surface area contributed by atoms with Gasteiger partial charge in [-0.1, -0.05) is 20.8 Å². The topological polar surface area (TPSA) is 27.0 Å². The quantitative estimate of drug-likeness (QED) is 0.428. The van der Waals surface area contributed by atoms with Gasteiger partial charge >= 0.3 is 0 Å². The third-order valence-electron chi connectivity index (χ3n) is 2.82. The molecule has 64 valence electrons. The minimum atomic E-state index is -0.0816. The lowest BCUT2D eigenvalue weighted by atomic mass is 9.75. The second kappa shape index (κ2) is 2.73. The predicted molar refractivity (Wildman–Crippen MR) is 46.9 cm³/mol. The van der Waals surface area contributed by atoms with Crippen LogP contribution >= 0.6 is 0 Å². The molecular weight excluding hydrogens is 136 g/mol. The predicted octanol–water partition coefficient (Wildman–Crippen LogP) is 2.22. The van der Waals surface area contributed by atoms with E-state index in [-0.39, 0.29) is 11.0 Å². The number of hydrogen-bond acceptors (Lipinski definition) is 2. The molecule has 0 aliphatic carbocycles. The lowest BCUT2D eigenvalue weighted by Crippen LogP contribution is -2.48. The summed E-state index contributed by atoms with van der Waals surface area (Å²) in [7, 11) is 1.82. The summed E-state index contributed by atoms with van der Waals surface area (Å²) >= 11 is 0. The van der Waals surface area contributed by atoms with Crippen LogP contribution < -0.4 is 0 Å². The molecule has 11 heavy (non-hydrogen) atoms. The third-order valence-corrected chi connectivity index (χ3v) is 2.82. The van der Waals surface area contributed by atoms with Gasteiger partial charge in [0.15, 0.2) is 6.19 Å². The minimum Gasteiger partial charge on any atom is -0.308 e. The maximum atomic E-state index is 8.71. The van der Waals surface area contributed by atoms with Gasteiger partial charge in [-0.05, 0) is 19.3 Å². The van der Waals surface area contributed by atoms with Crippen LogP contribution in [-0.4, -0.2) is 17.5 Å². The summed E-state index contributed by atoms with van der Waals surface area (Å²) in [5.74, 6) is 0. The fourth-order valence-electron chi connectivity index (χ4n) is 0.628. The average molecular weight is 154 g/mol. The number of nitriles is 1. The molecule has 0 radical (unpaired) electrons. The molecule has 0 aliphatic rings. The van der Waals surface area contributed by atoms with Crippen LogP contribution in [0.1, 0.15) is 34.6 Å². The van der Waals surface area contributed by atoms with Crippen molar-refractivity contribution in [1.82, 2.24) is 4.90 Å². The molecule has 2 heteroatoms. The van der Waals surface area contributed by atoms with E-state index in [0.717, 1.165) is 0 Å². The van der Waals surface area contributed by atoms with Crippen LogP contribution in [0, 0.1) is 16.9 Å². The highest BCUT2D eigenvalue weighted by atomic mass is 15.2. The first-order chi connectivity index (χ1) is 4.73. The largest absolute Gasteiger partial charge is 0.308 e. The molecule has 0 atom stereocenters. The van der Waals surface area contributed by atoms with Gasteiger partial charge < -0.3 is 4.90 Å². The van der Waals surface area contributed by atoms with Crippen molar-refractivity contribution >= 4 is 0 Å². The van der Waals surface area contributed by atoms with Gasteiger partial charge in [0.25, 0.3) is 0 Å². The van der Waals surface area contributed by atoms with Crippen LogP contribution in [0.2, 0.25) is 0 Å². The molecule has 0 aliphatic heterocycles. The minimum absolute atomic E-state index is 0.0816. The molecule has 0 saturated heterocycles. The highest BCUT2D eigenvalue weighted by Crippen LogP contribution is 2.33. The fourth-order valence-corrected chi connectivity index (χ4v) is 0.628. The SMILES string of the molecule is CN(C#N)C(C)(C)C(C)(C)C. The Balaban J connectivity index is 4.62. The lowest BCUT2D eigenvalue weighted by molar-refractivity contribution is 0.0885. The van der Waals surface area contributed by atoms with Crippen LogP contribution in [0.4, 0.5) is 0 Å². The molecule has 0 aromatic heterocycles. The zero-order valence-electron chi connectivity index (χ0n) is 8.39. The Kier molecular flexibility index (Phi) is 2.55. The Morgan fingerprint density at radius 1 is 1.09 bits per heavy atom. The summed E-state index contributed by atoms with van der Waals surface area (Å²) in [6.45, 7) is 10.6. The molecule has 0 heterocycles. The van der Waals surface area contributed by atoms with E-state index in [0.29, 0.717) is 0 Å². The fraction of sp³-hybridized carbons (Fsp3) is 0.889. The highest BCUT2D eigenvalue weighted by Gasteiger charge is 2.36. The Labute approximate surface area is 69.8 Å². The number of rotatable bonds is 1. The van der Waals surface area contributed by atoms with Crippen molar-refractivity contribution in [3.05, 3.63) is 0 Å². The van der Waals surface area contributed by atoms with Gasteiger partial charge in [0.2, 0.25) is 0 Å². The zero-order valence-corrected chi connectivity index (χ0v) is 8.39. The Hall–Kier alpha value is -0.710. The first-order valence-electron chi connectivity index (χ1n) is 3.87. The summed E-state index contributed by atoms with van der Waals surface area (Å²) in [5, 5.41) is 8.71. The van der Waals surface area contributed by atoms with Gasteiger partial charge in [-0.15, -0.1) is 0 Å². The van der Waals surface area contributed by atoms with Crippen molar-refractivity contribution in [2.75, 3.05) is 7.05 Å². The van der Waals surface area contributed by atoms with Crippen LogP contribution in [0.15, 0.2) is 0 Å². The van der Waals surface area contributed by atoms with Crippen molar-refractivity contribution in [3.63, 3.8) is 0 Å². The van der Waals surface area contributed by atoms with Gasteiger partial charge in [-0.3, -0.25) is 0 Å². The Bertz CT molecular complexity index is 169. The molecule has 0 unspecified atom stereocenters. The zero-order chi connectivity index (χ0) is 9.28. The second-order valence-corrected chi connectivity index (χ2v) is 4.47. The van der Waals surface area contributed by atoms with Crippen molar-refractivity contribution in [3.8, 4) is 6.19 Å². The molecule has 0 fully saturated rings. The van der Waals surface area contributed by atoms with Crippen molar-refractivity contribution in [2.24, 2.45) is 5.41 Å². The Morgan fingerprint density at radius 3 is 1.55 bits per heavy atom. The van der Waals surface area contributed by atoms with Gasteiger partial charge in [0, 0.05) is 12.6 Å². The van der Waals surface area contributed by atoms with Crippen molar-refractivity contribution in [2.45, 2.75) is 40.2 Å². The number of hydrogen-bond donors (Lipinski definition) is 0. The average Bonchev–Trinajstić information content (AvgIpc) is 1.83. The van der Waals surface area contributed by atoms with Crippen LogP contribution in [-0.2, 0) is 0 Å². The molecule has 0 bridgehead atoms. The molecular formula is C9H18N2. The van der Waals surface area contributed by atoms with E-state index in [4.69, 9.17) is 5.26 Å². The molecule has 0 amide bonds. The van der Waals surface area contributed by atoms with Crippen LogP contribution in [0.25, 0.3) is 0 Å². The van der Waals surface area contributed by atoms with Crippen molar-refractivity contribution in [1.29, 1.82) is 5.26 Å². The van der Waals surface area contributed by atoms with E-state index in [1.54, 1.807) is 4.90 Å². The summed E-state index contributed by atoms with van der Waals surface area (Å²) in [6.07, 6.45) is 2.15. The number of nitrogens with zero attached hydrogens (tertiary/aromatic N) is 2. The van der Waals surface area contributed by atoms with Gasteiger partial charge in [0.05, 0.1) is 0 Å². The summed E-state index contributed by atoms with van der Waals surface area (Å²) in [5.41, 5.74) is 0.0409. The molecule has 0 rings (SSSR count). The van der Waals surface area contributed by atoms with E-state index < -0.39 is 0 Å². The maximum Gasteiger partial charge on any atom is 0.179 e. The molecule has 0 N–H and O–H groups in total. The monoisotopic (exact) mass is 154 g/mol. The first kappa shape index (κ1) is 10.3. The second-order valence-electron chi connectivity index (χ2n) is 4.47. The van der Waals surface area contributed by atoms with E-state index >= 15 is 0 Å². The smallest absolute Gasteiger partial charge is 0.179 e. The molecule has 0 saturated carbocycles. The van der Waals surface area contributed by atoms with Gasteiger partial charge in [-0.25, -0.2) is 0 Å². The molecule has 0 spiro atoms. The van der Waals surface area contributed by atoms with E-state index in [2.05, 4.69) is 40.8 Å². The van der Waals surface area contributed by atoms with E-state index in [1.807, 2.05) is 7.05 Å². The summed E-state index contributed by atoms with van der Waals surface area (Å²) < 4.78 is 0. The van der Waals surface area contributed by atoms with E-state index in [9.17, 15) is 0 Å². The van der Waals surface area contributed by atoms with Crippen LogP contribution in [0.3, 0.4) is 0 Å². The first-order valence-corrected chi connectivity index (χ1v) is 3.87. The normalized spacial score (nSPS) is 12.5. The van der Waals surface area contributed by atoms with Gasteiger partial charge in [-0.2, -0.15) is 5.26 Å². The molecule has 2 nitrogen and oxygen atoms in total. The summed E-state index contributed by atoms with van der Waals surface area (Å²) in [6, 6.07) is 0. The standard InChI is InChI=1S/C9H18N2/c1-8(2,3)9(4,5)11(6)7-10/h1-6H3. The van der Waals surface area contributed by atoms with Gasteiger partial charge in [0.1, 0.15) is 0 Å².